The van der Waals surface area contributed by atoms with Crippen LogP contribution in [0, 0.1) is 12.8 Å². The molecule has 1 amide bonds. The van der Waals surface area contributed by atoms with Gasteiger partial charge in [-0.3, -0.25) is 4.79 Å². The molecular formula is C22H25N7OS2. The van der Waals surface area contributed by atoms with Gasteiger partial charge in [0.25, 0.3) is 0 Å². The molecule has 3 aromatic rings. The van der Waals surface area contributed by atoms with Crippen LogP contribution >= 0.6 is 23.1 Å². The molecule has 10 heteroatoms. The third kappa shape index (κ3) is 5.20. The van der Waals surface area contributed by atoms with Crippen LogP contribution in [0.3, 0.4) is 0 Å². The van der Waals surface area contributed by atoms with Crippen molar-refractivity contribution in [3.05, 3.63) is 47.0 Å². The fourth-order valence-electron chi connectivity index (χ4n) is 3.37. The highest BCUT2D eigenvalue weighted by Gasteiger charge is 2.29. The number of hydrogen-bond donors (Lipinski definition) is 3. The fourth-order valence-corrected chi connectivity index (χ4v) is 4.80. The Balaban J connectivity index is 1.29. The number of nitrogens with two attached hydrogens (primary N) is 1. The van der Waals surface area contributed by atoms with Gasteiger partial charge in [-0.15, -0.1) is 11.3 Å². The first-order valence-electron chi connectivity index (χ1n) is 10.7. The number of nitrogens with one attached hydrogen (secondary N) is 2. The van der Waals surface area contributed by atoms with E-state index in [1.54, 1.807) is 11.3 Å². The monoisotopic (exact) mass is 467 g/mol. The van der Waals surface area contributed by atoms with Crippen molar-refractivity contribution < 1.29 is 4.79 Å². The van der Waals surface area contributed by atoms with E-state index in [2.05, 4.69) is 20.5 Å². The summed E-state index contributed by atoms with van der Waals surface area (Å²) in [5.41, 5.74) is 7.05. The lowest BCUT2D eigenvalue weighted by molar-refractivity contribution is -0.122. The minimum absolute atomic E-state index is 0.162. The fraction of sp³-hybridized carbons (Fsp3) is 0.364. The SMILES string of the molecule is Cc1cnc(Nc2cc(N3CC(N)C3)nc(Sc3ccc(CNC(=O)C4CC4)cc3)n2)s1. The Labute approximate surface area is 195 Å². The molecule has 1 aliphatic carbocycles. The molecule has 0 radical (unpaired) electrons. The second kappa shape index (κ2) is 9.05. The molecule has 0 bridgehead atoms. The average Bonchev–Trinajstić information content (AvgIpc) is 3.53. The molecule has 4 N–H and O–H groups in total. The number of amides is 1. The van der Waals surface area contributed by atoms with Crippen LogP contribution in [-0.2, 0) is 11.3 Å². The van der Waals surface area contributed by atoms with Gasteiger partial charge in [0.2, 0.25) is 5.91 Å². The quantitative estimate of drug-likeness (QED) is 0.433. The molecule has 5 rings (SSSR count). The van der Waals surface area contributed by atoms with Crippen LogP contribution in [0.15, 0.2) is 46.6 Å². The van der Waals surface area contributed by atoms with E-state index in [0.717, 1.165) is 52.2 Å². The summed E-state index contributed by atoms with van der Waals surface area (Å²) in [4.78, 5) is 30.0. The summed E-state index contributed by atoms with van der Waals surface area (Å²) in [5.74, 6) is 1.97. The lowest BCUT2D eigenvalue weighted by Gasteiger charge is -2.37. The molecule has 1 saturated heterocycles. The lowest BCUT2D eigenvalue weighted by atomic mass is 10.1. The summed E-state index contributed by atoms with van der Waals surface area (Å²) in [6, 6.07) is 10.3. The van der Waals surface area contributed by atoms with Crippen LogP contribution in [0.5, 0.6) is 0 Å². The summed E-state index contributed by atoms with van der Waals surface area (Å²) in [5, 5.41) is 7.77. The molecule has 1 saturated carbocycles. The number of aromatic nitrogens is 3. The van der Waals surface area contributed by atoms with Crippen molar-refractivity contribution >= 4 is 45.8 Å². The van der Waals surface area contributed by atoms with E-state index in [1.165, 1.54) is 11.8 Å². The topological polar surface area (TPSA) is 109 Å². The van der Waals surface area contributed by atoms with E-state index in [0.29, 0.717) is 17.5 Å². The molecule has 2 fully saturated rings. The van der Waals surface area contributed by atoms with E-state index in [-0.39, 0.29) is 17.9 Å². The molecule has 1 aliphatic heterocycles. The minimum atomic E-state index is 0.162. The molecule has 0 spiro atoms. The third-order valence-electron chi connectivity index (χ3n) is 5.33. The first-order chi connectivity index (χ1) is 15.5. The zero-order chi connectivity index (χ0) is 22.1. The van der Waals surface area contributed by atoms with Gasteiger partial charge in [0.1, 0.15) is 11.6 Å². The predicted octanol–water partition coefficient (Wildman–Crippen LogP) is 3.31. The van der Waals surface area contributed by atoms with E-state index in [4.69, 9.17) is 15.7 Å². The maximum atomic E-state index is 11.8. The Morgan fingerprint density at radius 3 is 2.69 bits per heavy atom. The average molecular weight is 468 g/mol. The highest BCUT2D eigenvalue weighted by atomic mass is 32.2. The standard InChI is InChI=1S/C22H25N7OS2/c1-13-9-25-21(31-13)26-18-8-19(29-11-16(23)12-29)28-22(27-18)32-17-6-2-14(3-7-17)10-24-20(30)15-4-5-15/h2-3,6-9,15-16H,4-5,10-12,23H2,1H3,(H,24,30)(H,25,26,27,28). The first kappa shape index (κ1) is 21.2. The molecule has 8 nitrogen and oxygen atoms in total. The predicted molar refractivity (Wildman–Crippen MR) is 127 cm³/mol. The Morgan fingerprint density at radius 2 is 2.03 bits per heavy atom. The van der Waals surface area contributed by atoms with Crippen molar-refractivity contribution in [3.63, 3.8) is 0 Å². The Kier molecular flexibility index (Phi) is 5.99. The molecule has 2 aliphatic rings. The molecule has 0 atom stereocenters. The van der Waals surface area contributed by atoms with Crippen molar-refractivity contribution in [2.75, 3.05) is 23.3 Å². The van der Waals surface area contributed by atoms with Gasteiger partial charge < -0.3 is 21.3 Å². The zero-order valence-electron chi connectivity index (χ0n) is 17.7. The van der Waals surface area contributed by atoms with Crippen LogP contribution in [-0.4, -0.2) is 40.0 Å². The number of rotatable bonds is 8. The van der Waals surface area contributed by atoms with Crippen molar-refractivity contribution in [1.82, 2.24) is 20.3 Å². The summed E-state index contributed by atoms with van der Waals surface area (Å²) < 4.78 is 0. The second-order valence-corrected chi connectivity index (χ2v) is 10.5. The van der Waals surface area contributed by atoms with E-state index in [9.17, 15) is 4.79 Å². The van der Waals surface area contributed by atoms with Crippen molar-refractivity contribution in [2.45, 2.75) is 42.4 Å². The molecular weight excluding hydrogens is 442 g/mol. The summed E-state index contributed by atoms with van der Waals surface area (Å²) in [6.07, 6.45) is 3.87. The second-order valence-electron chi connectivity index (χ2n) is 8.20. The number of benzene rings is 1. The number of hydrogen-bond acceptors (Lipinski definition) is 9. The number of aryl methyl sites for hydroxylation is 1. The number of thiazole rings is 1. The number of carbonyl (C=O) groups excluding carboxylic acids is 1. The number of anilines is 3. The van der Waals surface area contributed by atoms with Crippen molar-refractivity contribution in [1.29, 1.82) is 0 Å². The molecule has 1 aromatic carbocycles. The lowest BCUT2D eigenvalue weighted by Crippen LogP contribution is -2.56. The van der Waals surface area contributed by atoms with E-state index < -0.39 is 0 Å². The molecule has 32 heavy (non-hydrogen) atoms. The van der Waals surface area contributed by atoms with Gasteiger partial charge in [0, 0.05) is 53.6 Å². The Hall–Kier alpha value is -2.69. The number of nitrogens with zero attached hydrogens (tertiary/aromatic N) is 4. The molecule has 0 unspecified atom stereocenters. The number of carbonyl (C=O) groups is 1. The first-order valence-corrected chi connectivity index (χ1v) is 12.3. The van der Waals surface area contributed by atoms with Gasteiger partial charge in [-0.2, -0.15) is 0 Å². The zero-order valence-corrected chi connectivity index (χ0v) is 19.4. The third-order valence-corrected chi connectivity index (χ3v) is 7.03. The van der Waals surface area contributed by atoms with Crippen LogP contribution in [0.4, 0.5) is 16.8 Å². The highest BCUT2D eigenvalue weighted by molar-refractivity contribution is 7.99. The maximum absolute atomic E-state index is 11.8. The van der Waals surface area contributed by atoms with Gasteiger partial charge in [-0.1, -0.05) is 12.1 Å². The highest BCUT2D eigenvalue weighted by Crippen LogP contribution is 2.31. The van der Waals surface area contributed by atoms with Crippen molar-refractivity contribution in [2.24, 2.45) is 11.7 Å². The normalized spacial score (nSPS) is 16.0. The summed E-state index contributed by atoms with van der Waals surface area (Å²) in [7, 11) is 0. The van der Waals surface area contributed by atoms with Gasteiger partial charge in [0.05, 0.1) is 0 Å². The van der Waals surface area contributed by atoms with E-state index >= 15 is 0 Å². The van der Waals surface area contributed by atoms with Gasteiger partial charge in [-0.05, 0) is 49.2 Å². The van der Waals surface area contributed by atoms with Crippen LogP contribution in [0.25, 0.3) is 0 Å². The Bertz CT molecular complexity index is 1110. The summed E-state index contributed by atoms with van der Waals surface area (Å²) >= 11 is 3.10. The minimum Gasteiger partial charge on any atom is -0.353 e. The maximum Gasteiger partial charge on any atom is 0.223 e. The van der Waals surface area contributed by atoms with E-state index in [1.807, 2.05) is 43.5 Å². The van der Waals surface area contributed by atoms with Gasteiger partial charge in [-0.25, -0.2) is 15.0 Å². The van der Waals surface area contributed by atoms with Gasteiger partial charge in [0.15, 0.2) is 10.3 Å². The largest absolute Gasteiger partial charge is 0.353 e. The molecule has 2 aromatic heterocycles. The summed E-state index contributed by atoms with van der Waals surface area (Å²) in [6.45, 7) is 4.16. The molecule has 166 valence electrons. The molecule has 3 heterocycles. The van der Waals surface area contributed by atoms with Gasteiger partial charge >= 0.3 is 0 Å². The smallest absolute Gasteiger partial charge is 0.223 e. The van der Waals surface area contributed by atoms with Crippen LogP contribution < -0.4 is 21.3 Å². The van der Waals surface area contributed by atoms with Crippen LogP contribution in [0.1, 0.15) is 23.3 Å². The van der Waals surface area contributed by atoms with Crippen molar-refractivity contribution in [3.8, 4) is 0 Å². The van der Waals surface area contributed by atoms with Crippen LogP contribution in [0.2, 0.25) is 0 Å². The Morgan fingerprint density at radius 1 is 1.25 bits per heavy atom.